The quantitative estimate of drug-likeness (QED) is 0.532. The van der Waals surface area contributed by atoms with Crippen molar-refractivity contribution in [2.24, 2.45) is 5.10 Å². The summed E-state index contributed by atoms with van der Waals surface area (Å²) in [7, 11) is 0. The number of halogens is 1. The van der Waals surface area contributed by atoms with Gasteiger partial charge in [0.05, 0.1) is 10.6 Å². The summed E-state index contributed by atoms with van der Waals surface area (Å²) in [5, 5.41) is 14.8. The lowest BCUT2D eigenvalue weighted by atomic mass is 10.1. The Hall–Kier alpha value is -2.80. The fourth-order valence-corrected chi connectivity index (χ4v) is 1.83. The summed E-state index contributed by atoms with van der Waals surface area (Å²) in [5.41, 5.74) is 3.49. The SMILES string of the molecule is C/C(=N/NC(=O)c1ccncc1)c1ccc(Cl)c([N+](=O)[O-])c1. The molecule has 0 aliphatic rings. The predicted molar refractivity (Wildman–Crippen MR) is 82.0 cm³/mol. The van der Waals surface area contributed by atoms with Gasteiger partial charge in [-0.05, 0) is 25.1 Å². The first kappa shape index (κ1) is 15.6. The van der Waals surface area contributed by atoms with E-state index in [9.17, 15) is 14.9 Å². The zero-order chi connectivity index (χ0) is 16.1. The van der Waals surface area contributed by atoms with Crippen molar-refractivity contribution in [3.05, 3.63) is 69.0 Å². The second-order valence-corrected chi connectivity index (χ2v) is 4.70. The van der Waals surface area contributed by atoms with E-state index in [-0.39, 0.29) is 10.7 Å². The average molecular weight is 319 g/mol. The number of nitro benzene ring substituents is 1. The molecule has 8 heteroatoms. The molecule has 2 aromatic rings. The molecule has 0 spiro atoms. The van der Waals surface area contributed by atoms with Gasteiger partial charge in [0.15, 0.2) is 0 Å². The van der Waals surface area contributed by atoms with Crippen molar-refractivity contribution in [1.82, 2.24) is 10.4 Å². The molecule has 22 heavy (non-hydrogen) atoms. The van der Waals surface area contributed by atoms with Gasteiger partial charge in [0, 0.05) is 29.6 Å². The number of amides is 1. The van der Waals surface area contributed by atoms with Crippen LogP contribution in [0, 0.1) is 10.1 Å². The molecule has 1 aromatic carbocycles. The molecule has 0 aliphatic carbocycles. The lowest BCUT2D eigenvalue weighted by Gasteiger charge is -2.04. The molecule has 0 unspecified atom stereocenters. The summed E-state index contributed by atoms with van der Waals surface area (Å²) in [4.78, 5) is 25.9. The summed E-state index contributed by atoms with van der Waals surface area (Å²) in [6.45, 7) is 1.62. The van der Waals surface area contributed by atoms with Gasteiger partial charge < -0.3 is 0 Å². The molecule has 0 saturated heterocycles. The first-order valence-corrected chi connectivity index (χ1v) is 6.56. The number of hydrogen-bond acceptors (Lipinski definition) is 5. The minimum Gasteiger partial charge on any atom is -0.267 e. The number of rotatable bonds is 4. The molecular formula is C14H11ClN4O3. The van der Waals surface area contributed by atoms with Gasteiger partial charge in [0.2, 0.25) is 0 Å². The van der Waals surface area contributed by atoms with Crippen molar-refractivity contribution in [3.63, 3.8) is 0 Å². The van der Waals surface area contributed by atoms with E-state index in [4.69, 9.17) is 11.6 Å². The monoisotopic (exact) mass is 318 g/mol. The third-order valence-corrected chi connectivity index (χ3v) is 3.15. The van der Waals surface area contributed by atoms with Gasteiger partial charge in [-0.3, -0.25) is 19.9 Å². The van der Waals surface area contributed by atoms with Crippen molar-refractivity contribution >= 4 is 28.9 Å². The largest absolute Gasteiger partial charge is 0.288 e. The van der Waals surface area contributed by atoms with Crippen LogP contribution in [0.3, 0.4) is 0 Å². The van der Waals surface area contributed by atoms with E-state index < -0.39 is 10.8 Å². The van der Waals surface area contributed by atoms with Gasteiger partial charge >= 0.3 is 0 Å². The zero-order valence-corrected chi connectivity index (χ0v) is 12.2. The Morgan fingerprint density at radius 2 is 1.95 bits per heavy atom. The Morgan fingerprint density at radius 1 is 1.27 bits per heavy atom. The molecule has 0 atom stereocenters. The van der Waals surface area contributed by atoms with Crippen LogP contribution in [-0.4, -0.2) is 21.5 Å². The molecule has 0 bridgehead atoms. The molecule has 0 aliphatic heterocycles. The molecular weight excluding hydrogens is 308 g/mol. The molecule has 112 valence electrons. The molecule has 0 fully saturated rings. The minimum atomic E-state index is -0.575. The van der Waals surface area contributed by atoms with E-state index in [0.29, 0.717) is 16.8 Å². The highest BCUT2D eigenvalue weighted by atomic mass is 35.5. The summed E-state index contributed by atoms with van der Waals surface area (Å²) in [6, 6.07) is 7.41. The molecule has 1 aromatic heterocycles. The number of hydrogen-bond donors (Lipinski definition) is 1. The highest BCUT2D eigenvalue weighted by Gasteiger charge is 2.14. The number of carbonyl (C=O) groups excluding carboxylic acids is 1. The molecule has 7 nitrogen and oxygen atoms in total. The number of nitro groups is 1. The first-order chi connectivity index (χ1) is 10.5. The van der Waals surface area contributed by atoms with Crippen LogP contribution in [0.5, 0.6) is 0 Å². The number of benzene rings is 1. The first-order valence-electron chi connectivity index (χ1n) is 6.18. The number of nitrogens with one attached hydrogen (secondary N) is 1. The van der Waals surface area contributed by atoms with Gasteiger partial charge in [0.25, 0.3) is 11.6 Å². The fourth-order valence-electron chi connectivity index (χ4n) is 1.64. The Balaban J connectivity index is 2.18. The summed E-state index contributed by atoms with van der Waals surface area (Å²) in [6.07, 6.45) is 2.99. The predicted octanol–water partition coefficient (Wildman–Crippen LogP) is 2.80. The third-order valence-electron chi connectivity index (χ3n) is 2.83. The van der Waals surface area contributed by atoms with Crippen LogP contribution in [0.4, 0.5) is 5.69 Å². The van der Waals surface area contributed by atoms with Crippen LogP contribution in [0.25, 0.3) is 0 Å². The number of aromatic nitrogens is 1. The number of hydrazone groups is 1. The maximum Gasteiger partial charge on any atom is 0.288 e. The van der Waals surface area contributed by atoms with Crippen molar-refractivity contribution in [1.29, 1.82) is 0 Å². The zero-order valence-electron chi connectivity index (χ0n) is 11.5. The number of pyridine rings is 1. The van der Waals surface area contributed by atoms with Gasteiger partial charge in [-0.15, -0.1) is 0 Å². The Morgan fingerprint density at radius 3 is 2.59 bits per heavy atom. The third kappa shape index (κ3) is 3.64. The highest BCUT2D eigenvalue weighted by Crippen LogP contribution is 2.25. The molecule has 1 amide bonds. The minimum absolute atomic E-state index is 0.0439. The van der Waals surface area contributed by atoms with Crippen molar-refractivity contribution in [3.8, 4) is 0 Å². The van der Waals surface area contributed by atoms with Crippen LogP contribution in [0.1, 0.15) is 22.8 Å². The topological polar surface area (TPSA) is 97.5 Å². The van der Waals surface area contributed by atoms with Crippen LogP contribution < -0.4 is 5.43 Å². The maximum atomic E-state index is 11.8. The van der Waals surface area contributed by atoms with Gasteiger partial charge in [-0.25, -0.2) is 5.43 Å². The van der Waals surface area contributed by atoms with E-state index in [2.05, 4.69) is 15.5 Å². The van der Waals surface area contributed by atoms with Crippen molar-refractivity contribution in [2.75, 3.05) is 0 Å². The molecule has 1 N–H and O–H groups in total. The van der Waals surface area contributed by atoms with E-state index in [0.717, 1.165) is 0 Å². The van der Waals surface area contributed by atoms with Crippen LogP contribution in [-0.2, 0) is 0 Å². The molecule has 1 heterocycles. The van der Waals surface area contributed by atoms with E-state index in [1.54, 1.807) is 25.1 Å². The molecule has 0 saturated carbocycles. The fraction of sp³-hybridized carbons (Fsp3) is 0.0714. The van der Waals surface area contributed by atoms with Crippen LogP contribution >= 0.6 is 11.6 Å². The van der Waals surface area contributed by atoms with Crippen molar-refractivity contribution < 1.29 is 9.72 Å². The number of carbonyl (C=O) groups is 1. The van der Waals surface area contributed by atoms with E-state index >= 15 is 0 Å². The van der Waals surface area contributed by atoms with Gasteiger partial charge in [-0.1, -0.05) is 17.7 Å². The van der Waals surface area contributed by atoms with Crippen molar-refractivity contribution in [2.45, 2.75) is 6.92 Å². The second-order valence-electron chi connectivity index (χ2n) is 4.30. The number of nitrogens with zero attached hydrogens (tertiary/aromatic N) is 3. The van der Waals surface area contributed by atoms with Crippen LogP contribution in [0.15, 0.2) is 47.8 Å². The average Bonchev–Trinajstić information content (AvgIpc) is 2.53. The summed E-state index contributed by atoms with van der Waals surface area (Å²) >= 11 is 5.75. The lowest BCUT2D eigenvalue weighted by molar-refractivity contribution is -0.384. The summed E-state index contributed by atoms with van der Waals surface area (Å²) in [5.74, 6) is -0.398. The normalized spacial score (nSPS) is 11.1. The smallest absolute Gasteiger partial charge is 0.267 e. The maximum absolute atomic E-state index is 11.8. The van der Waals surface area contributed by atoms with E-state index in [1.165, 1.54) is 24.5 Å². The van der Waals surface area contributed by atoms with Gasteiger partial charge in [-0.2, -0.15) is 5.10 Å². The second kappa shape index (κ2) is 6.77. The van der Waals surface area contributed by atoms with Crippen LogP contribution in [0.2, 0.25) is 5.02 Å². The Labute approximate surface area is 130 Å². The Bertz CT molecular complexity index is 747. The summed E-state index contributed by atoms with van der Waals surface area (Å²) < 4.78 is 0. The van der Waals surface area contributed by atoms with E-state index in [1.807, 2.05) is 0 Å². The lowest BCUT2D eigenvalue weighted by Crippen LogP contribution is -2.19. The highest BCUT2D eigenvalue weighted by molar-refractivity contribution is 6.32. The van der Waals surface area contributed by atoms with Gasteiger partial charge in [0.1, 0.15) is 5.02 Å². The standard InChI is InChI=1S/C14H11ClN4O3/c1-9(11-2-3-12(15)13(8-11)19(21)22)17-18-14(20)10-4-6-16-7-5-10/h2-8H,1H3,(H,18,20)/b17-9-. The Kier molecular flexibility index (Phi) is 4.80. The molecule has 2 rings (SSSR count). The molecule has 0 radical (unpaired) electrons.